The van der Waals surface area contributed by atoms with Gasteiger partial charge in [-0.2, -0.15) is 5.10 Å². The fourth-order valence-corrected chi connectivity index (χ4v) is 3.73. The molecule has 0 bridgehead atoms. The first-order valence-corrected chi connectivity index (χ1v) is 9.71. The number of benzene rings is 2. The van der Waals surface area contributed by atoms with Crippen molar-refractivity contribution in [2.45, 2.75) is 18.9 Å². The van der Waals surface area contributed by atoms with Crippen LogP contribution in [0.25, 0.3) is 22.3 Å². The van der Waals surface area contributed by atoms with E-state index in [9.17, 15) is 4.39 Å². The van der Waals surface area contributed by atoms with Crippen molar-refractivity contribution in [2.24, 2.45) is 0 Å². The molecule has 2 aromatic heterocycles. The van der Waals surface area contributed by atoms with Gasteiger partial charge in [-0.05, 0) is 55.8 Å². The molecule has 5 rings (SSSR count). The Hall–Kier alpha value is -3.32. The monoisotopic (exact) mass is 389 g/mol. The third-order valence-corrected chi connectivity index (χ3v) is 5.18. The second-order valence-electron chi connectivity index (χ2n) is 7.11. The molecule has 146 valence electrons. The number of hydrogen-bond acceptors (Lipinski definition) is 5. The SMILES string of the molecule is Fc1ccccc1Oc1ccc(-c2nn([C@@H]3CCCNC3)c3ncncc23)cc1. The molecule has 1 atom stereocenters. The van der Waals surface area contributed by atoms with E-state index in [1.54, 1.807) is 30.7 Å². The number of para-hydroxylation sites is 1. The van der Waals surface area contributed by atoms with Gasteiger partial charge in [0.15, 0.2) is 17.2 Å². The van der Waals surface area contributed by atoms with E-state index in [2.05, 4.69) is 15.3 Å². The number of nitrogens with one attached hydrogen (secondary N) is 1. The van der Waals surface area contributed by atoms with Crippen molar-refractivity contribution >= 4 is 11.0 Å². The minimum Gasteiger partial charge on any atom is -0.454 e. The highest BCUT2D eigenvalue weighted by molar-refractivity contribution is 5.90. The second kappa shape index (κ2) is 7.60. The van der Waals surface area contributed by atoms with Crippen LogP contribution in [0.3, 0.4) is 0 Å². The van der Waals surface area contributed by atoms with E-state index < -0.39 is 0 Å². The van der Waals surface area contributed by atoms with Crippen molar-refractivity contribution in [3.63, 3.8) is 0 Å². The van der Waals surface area contributed by atoms with Crippen molar-refractivity contribution in [3.8, 4) is 22.8 Å². The Morgan fingerprint density at radius 3 is 2.76 bits per heavy atom. The van der Waals surface area contributed by atoms with Crippen LogP contribution in [-0.4, -0.2) is 32.8 Å². The average Bonchev–Trinajstić information content (AvgIpc) is 3.16. The highest BCUT2D eigenvalue weighted by Gasteiger charge is 2.21. The van der Waals surface area contributed by atoms with E-state index in [1.165, 1.54) is 6.07 Å². The normalized spacial score (nSPS) is 16.8. The molecule has 1 aliphatic rings. The molecule has 29 heavy (non-hydrogen) atoms. The van der Waals surface area contributed by atoms with Crippen LogP contribution in [0.15, 0.2) is 61.1 Å². The van der Waals surface area contributed by atoms with Gasteiger partial charge in [-0.25, -0.2) is 19.0 Å². The molecule has 0 amide bonds. The van der Waals surface area contributed by atoms with Crippen molar-refractivity contribution in [2.75, 3.05) is 13.1 Å². The summed E-state index contributed by atoms with van der Waals surface area (Å²) in [4.78, 5) is 8.67. The molecule has 2 aromatic carbocycles. The first-order valence-electron chi connectivity index (χ1n) is 9.71. The van der Waals surface area contributed by atoms with Gasteiger partial charge in [-0.1, -0.05) is 12.1 Å². The molecule has 4 aromatic rings. The lowest BCUT2D eigenvalue weighted by Crippen LogP contribution is -2.32. The average molecular weight is 389 g/mol. The standard InChI is InChI=1S/C22H20FN5O/c23-19-5-1-2-6-20(19)29-17-9-7-15(8-10-17)21-18-13-25-14-26-22(18)28(27-21)16-4-3-11-24-12-16/h1-2,5-10,13-14,16,24H,3-4,11-12H2/t16-/m1/s1. The summed E-state index contributed by atoms with van der Waals surface area (Å²) in [6, 6.07) is 14.1. The molecular weight excluding hydrogens is 369 g/mol. The molecule has 0 unspecified atom stereocenters. The summed E-state index contributed by atoms with van der Waals surface area (Å²) in [6.45, 7) is 1.93. The van der Waals surface area contributed by atoms with Gasteiger partial charge in [0.25, 0.3) is 0 Å². The van der Waals surface area contributed by atoms with Crippen molar-refractivity contribution < 1.29 is 9.13 Å². The fourth-order valence-electron chi connectivity index (χ4n) is 3.73. The Morgan fingerprint density at radius 2 is 1.97 bits per heavy atom. The Morgan fingerprint density at radius 1 is 1.10 bits per heavy atom. The van der Waals surface area contributed by atoms with Crippen LogP contribution < -0.4 is 10.1 Å². The van der Waals surface area contributed by atoms with E-state index >= 15 is 0 Å². The van der Waals surface area contributed by atoms with E-state index in [1.807, 2.05) is 28.9 Å². The molecule has 0 aliphatic carbocycles. The molecule has 6 nitrogen and oxygen atoms in total. The third kappa shape index (κ3) is 3.45. The topological polar surface area (TPSA) is 64.9 Å². The van der Waals surface area contributed by atoms with Crippen LogP contribution in [0, 0.1) is 5.82 Å². The predicted octanol–water partition coefficient (Wildman–Crippen LogP) is 4.35. The number of piperidine rings is 1. The minimum absolute atomic E-state index is 0.202. The number of halogens is 1. The molecule has 1 saturated heterocycles. The Bertz CT molecular complexity index is 1140. The quantitative estimate of drug-likeness (QED) is 0.562. The summed E-state index contributed by atoms with van der Waals surface area (Å²) in [5.74, 6) is 0.378. The predicted molar refractivity (Wildman–Crippen MR) is 108 cm³/mol. The largest absolute Gasteiger partial charge is 0.454 e. The molecule has 1 N–H and O–H groups in total. The van der Waals surface area contributed by atoms with Gasteiger partial charge < -0.3 is 10.1 Å². The zero-order valence-corrected chi connectivity index (χ0v) is 15.8. The molecule has 7 heteroatoms. The molecule has 0 saturated carbocycles. The number of fused-ring (bicyclic) bond motifs is 1. The zero-order valence-electron chi connectivity index (χ0n) is 15.8. The maximum absolute atomic E-state index is 13.8. The summed E-state index contributed by atoms with van der Waals surface area (Å²) in [5.41, 5.74) is 2.62. The highest BCUT2D eigenvalue weighted by atomic mass is 19.1. The third-order valence-electron chi connectivity index (χ3n) is 5.18. The fraction of sp³-hybridized carbons (Fsp3) is 0.227. The van der Waals surface area contributed by atoms with E-state index in [-0.39, 0.29) is 17.6 Å². The van der Waals surface area contributed by atoms with Gasteiger partial charge in [-0.15, -0.1) is 0 Å². The minimum atomic E-state index is -0.389. The molecule has 3 heterocycles. The maximum Gasteiger partial charge on any atom is 0.165 e. The van der Waals surface area contributed by atoms with Crippen molar-refractivity contribution in [3.05, 3.63) is 66.9 Å². The van der Waals surface area contributed by atoms with Crippen LogP contribution >= 0.6 is 0 Å². The van der Waals surface area contributed by atoms with Crippen LogP contribution in [0.1, 0.15) is 18.9 Å². The van der Waals surface area contributed by atoms with Gasteiger partial charge in [-0.3, -0.25) is 0 Å². The first-order chi connectivity index (χ1) is 14.3. The van der Waals surface area contributed by atoms with Gasteiger partial charge >= 0.3 is 0 Å². The second-order valence-corrected chi connectivity index (χ2v) is 7.11. The number of rotatable bonds is 4. The summed E-state index contributed by atoms with van der Waals surface area (Å²) < 4.78 is 21.5. The first kappa shape index (κ1) is 17.8. The van der Waals surface area contributed by atoms with Crippen molar-refractivity contribution in [1.29, 1.82) is 0 Å². The van der Waals surface area contributed by atoms with Crippen LogP contribution in [0.5, 0.6) is 11.5 Å². The van der Waals surface area contributed by atoms with Gasteiger partial charge in [0.2, 0.25) is 0 Å². The van der Waals surface area contributed by atoms with E-state index in [0.717, 1.165) is 48.2 Å². The Balaban J connectivity index is 1.48. The molecular formula is C22H20FN5O. The van der Waals surface area contributed by atoms with E-state index in [0.29, 0.717) is 5.75 Å². The van der Waals surface area contributed by atoms with Crippen LogP contribution in [-0.2, 0) is 0 Å². The molecule has 0 radical (unpaired) electrons. The number of nitrogens with zero attached hydrogens (tertiary/aromatic N) is 4. The summed E-state index contributed by atoms with van der Waals surface area (Å²) >= 11 is 0. The zero-order chi connectivity index (χ0) is 19.6. The van der Waals surface area contributed by atoms with Gasteiger partial charge in [0, 0.05) is 18.3 Å². The van der Waals surface area contributed by atoms with Crippen LogP contribution in [0.2, 0.25) is 0 Å². The smallest absolute Gasteiger partial charge is 0.165 e. The Kier molecular flexibility index (Phi) is 4.65. The highest BCUT2D eigenvalue weighted by Crippen LogP contribution is 2.32. The number of aromatic nitrogens is 4. The number of ether oxygens (including phenoxy) is 1. The Labute approximate surface area is 167 Å². The van der Waals surface area contributed by atoms with Gasteiger partial charge in [0.05, 0.1) is 11.4 Å². The molecule has 0 spiro atoms. The summed E-state index contributed by atoms with van der Waals surface area (Å²) in [5, 5.41) is 9.23. The van der Waals surface area contributed by atoms with E-state index in [4.69, 9.17) is 9.84 Å². The van der Waals surface area contributed by atoms with Gasteiger partial charge in [0.1, 0.15) is 17.8 Å². The lowest BCUT2D eigenvalue weighted by molar-refractivity contribution is 0.354. The lowest BCUT2D eigenvalue weighted by Gasteiger charge is -2.23. The number of hydrogen-bond donors (Lipinski definition) is 1. The molecule has 1 fully saturated rings. The molecule has 1 aliphatic heterocycles. The lowest BCUT2D eigenvalue weighted by atomic mass is 10.1. The summed E-state index contributed by atoms with van der Waals surface area (Å²) in [7, 11) is 0. The van der Waals surface area contributed by atoms with Crippen LogP contribution in [0.4, 0.5) is 4.39 Å². The maximum atomic E-state index is 13.8. The summed E-state index contributed by atoms with van der Waals surface area (Å²) in [6.07, 6.45) is 5.56. The van der Waals surface area contributed by atoms with Crippen molar-refractivity contribution in [1.82, 2.24) is 25.1 Å².